The van der Waals surface area contributed by atoms with Gasteiger partial charge in [-0.15, -0.1) is 0 Å². The van der Waals surface area contributed by atoms with Crippen LogP contribution in [0.3, 0.4) is 0 Å². The van der Waals surface area contributed by atoms with E-state index in [9.17, 15) is 9.59 Å². The van der Waals surface area contributed by atoms with E-state index in [2.05, 4.69) is 10.6 Å². The van der Waals surface area contributed by atoms with Crippen molar-refractivity contribution in [2.45, 2.75) is 0 Å². The molecule has 0 aliphatic heterocycles. The molecule has 12 N–H and O–H groups in total. The maximum absolute atomic E-state index is 9.55. The van der Waals surface area contributed by atoms with Gasteiger partial charge in [-0.1, -0.05) is 0 Å². The zero-order valence-corrected chi connectivity index (χ0v) is 11.3. The Labute approximate surface area is 117 Å². The smallest absolute Gasteiger partial charge is 0.328 e. The van der Waals surface area contributed by atoms with E-state index in [4.69, 9.17) is 21.7 Å². The van der Waals surface area contributed by atoms with Crippen molar-refractivity contribution in [3.63, 3.8) is 0 Å². The number of hydrogen-bond acceptors (Lipinski definition) is 6. The maximum atomic E-state index is 9.55. The maximum Gasteiger partial charge on any atom is 0.328 e. The molecule has 0 heterocycles. The Morgan fingerprint density at radius 3 is 1.30 bits per heavy atom. The van der Waals surface area contributed by atoms with Crippen LogP contribution >= 0.6 is 0 Å². The molecule has 0 bridgehead atoms. The Balaban J connectivity index is -0.000000119. The lowest BCUT2D eigenvalue weighted by Crippen LogP contribution is -2.32. The van der Waals surface area contributed by atoms with Gasteiger partial charge in [0.15, 0.2) is 0 Å². The Hall–Kier alpha value is -1.56. The third-order valence-corrected chi connectivity index (χ3v) is 1.49. The first-order valence-corrected chi connectivity index (χ1v) is 5.50. The molecule has 0 rings (SSSR count). The highest BCUT2D eigenvalue weighted by Crippen LogP contribution is 1.70. The fourth-order valence-electron chi connectivity index (χ4n) is 0.773. The van der Waals surface area contributed by atoms with E-state index >= 15 is 0 Å². The molecule has 0 saturated carbocycles. The summed E-state index contributed by atoms with van der Waals surface area (Å²) in [6.07, 6.45) is 1.12. The van der Waals surface area contributed by atoms with Crippen LogP contribution in [0.4, 0.5) is 0 Å². The second-order valence-electron chi connectivity index (χ2n) is 3.09. The number of nitrogens with one attached hydrogen (secondary N) is 2. The van der Waals surface area contributed by atoms with Crippen molar-refractivity contribution in [2.75, 3.05) is 39.3 Å². The van der Waals surface area contributed by atoms with E-state index in [1.54, 1.807) is 0 Å². The van der Waals surface area contributed by atoms with Gasteiger partial charge in [0, 0.05) is 51.4 Å². The lowest BCUT2D eigenvalue weighted by atomic mass is 10.5. The van der Waals surface area contributed by atoms with Crippen LogP contribution in [0.2, 0.25) is 0 Å². The second kappa shape index (κ2) is 22.6. The highest BCUT2D eigenvalue weighted by Gasteiger charge is 1.88. The molecule has 0 amide bonds. The monoisotopic (exact) mass is 298 g/mol. The molecule has 0 radical (unpaired) electrons. The van der Waals surface area contributed by atoms with Gasteiger partial charge in [0.05, 0.1) is 0 Å². The van der Waals surface area contributed by atoms with Crippen molar-refractivity contribution in [3.05, 3.63) is 12.2 Å². The largest absolute Gasteiger partial charge is 0.478 e. The molecule has 10 heteroatoms. The van der Waals surface area contributed by atoms with Crippen LogP contribution in [0.1, 0.15) is 0 Å². The molecule has 0 spiro atoms. The van der Waals surface area contributed by atoms with Crippen LogP contribution in [0.25, 0.3) is 0 Å². The molecule has 0 atom stereocenters. The van der Waals surface area contributed by atoms with E-state index in [1.807, 2.05) is 0 Å². The summed E-state index contributed by atoms with van der Waals surface area (Å²) in [7, 11) is 0. The third-order valence-electron chi connectivity index (χ3n) is 1.49. The number of nitrogens with two attached hydrogens (primary N) is 2. The fourth-order valence-corrected chi connectivity index (χ4v) is 0.773. The average molecular weight is 298 g/mol. The second-order valence-corrected chi connectivity index (χ2v) is 3.09. The van der Waals surface area contributed by atoms with E-state index < -0.39 is 11.9 Å². The van der Waals surface area contributed by atoms with Gasteiger partial charge in [0.1, 0.15) is 0 Å². The number of hydrogen-bond donors (Lipinski definition) is 6. The number of carboxylic acid groups (broad SMARTS) is 2. The van der Waals surface area contributed by atoms with E-state index in [-0.39, 0.29) is 11.0 Å². The van der Waals surface area contributed by atoms with Crippen LogP contribution in [0, 0.1) is 0 Å². The van der Waals surface area contributed by atoms with Gasteiger partial charge in [-0.3, -0.25) is 0 Å². The topological polar surface area (TPSA) is 214 Å². The quantitative estimate of drug-likeness (QED) is 0.182. The van der Waals surface area contributed by atoms with Crippen LogP contribution < -0.4 is 22.1 Å². The molecule has 122 valence electrons. The predicted molar refractivity (Wildman–Crippen MR) is 75.5 cm³/mol. The van der Waals surface area contributed by atoms with Gasteiger partial charge in [-0.05, 0) is 0 Å². The van der Waals surface area contributed by atoms with Crippen molar-refractivity contribution in [1.82, 2.24) is 10.6 Å². The van der Waals surface area contributed by atoms with Gasteiger partial charge in [-0.2, -0.15) is 0 Å². The highest BCUT2D eigenvalue weighted by atomic mass is 16.4. The number of carboxylic acids is 2. The first-order chi connectivity index (χ1) is 8.54. The zero-order chi connectivity index (χ0) is 14.2. The lowest BCUT2D eigenvalue weighted by molar-refractivity contribution is -0.134. The van der Waals surface area contributed by atoms with Crippen molar-refractivity contribution in [1.29, 1.82) is 0 Å². The van der Waals surface area contributed by atoms with Crippen LogP contribution in [-0.2, 0) is 9.59 Å². The minimum atomic E-state index is -1.26. The molecule has 0 fully saturated rings. The highest BCUT2D eigenvalue weighted by molar-refractivity contribution is 5.89. The van der Waals surface area contributed by atoms with E-state index in [0.717, 1.165) is 26.2 Å². The summed E-state index contributed by atoms with van der Waals surface area (Å²) < 4.78 is 0. The summed E-state index contributed by atoms with van der Waals surface area (Å²) in [5.74, 6) is -2.51. The SMILES string of the molecule is NCCNCCNCCN.O.O.O=C(O)C=CC(=O)O. The molecule has 0 aromatic rings. The van der Waals surface area contributed by atoms with Gasteiger partial charge in [-0.25, -0.2) is 9.59 Å². The summed E-state index contributed by atoms with van der Waals surface area (Å²) >= 11 is 0. The normalized spacial score (nSPS) is 8.90. The van der Waals surface area contributed by atoms with Crippen molar-refractivity contribution < 1.29 is 30.8 Å². The summed E-state index contributed by atoms with van der Waals surface area (Å²) in [6, 6.07) is 0. The van der Waals surface area contributed by atoms with Crippen molar-refractivity contribution >= 4 is 11.9 Å². The van der Waals surface area contributed by atoms with E-state index in [1.165, 1.54) is 0 Å². The Kier molecular flexibility index (Phi) is 30.4. The molecule has 0 unspecified atom stereocenters. The molecule has 10 nitrogen and oxygen atoms in total. The summed E-state index contributed by atoms with van der Waals surface area (Å²) in [5, 5.41) is 22.0. The average Bonchev–Trinajstić information content (AvgIpc) is 2.32. The third kappa shape index (κ3) is 36.0. The number of aliphatic carboxylic acids is 2. The molecule has 0 saturated heterocycles. The van der Waals surface area contributed by atoms with Crippen LogP contribution in [0.5, 0.6) is 0 Å². The molecule has 0 aliphatic rings. The fraction of sp³-hybridized carbons (Fsp3) is 0.600. The molecule has 0 aromatic carbocycles. The van der Waals surface area contributed by atoms with Gasteiger partial charge in [0.25, 0.3) is 0 Å². The summed E-state index contributed by atoms with van der Waals surface area (Å²) in [4.78, 5) is 19.1. The number of carbonyl (C=O) groups is 2. The zero-order valence-electron chi connectivity index (χ0n) is 11.3. The molecular formula is C10H26N4O6. The summed E-state index contributed by atoms with van der Waals surface area (Å²) in [6.45, 7) is 5.14. The molecular weight excluding hydrogens is 272 g/mol. The Morgan fingerprint density at radius 2 is 1.10 bits per heavy atom. The van der Waals surface area contributed by atoms with Crippen molar-refractivity contribution in [2.24, 2.45) is 11.5 Å². The molecule has 0 aromatic heterocycles. The first-order valence-electron chi connectivity index (χ1n) is 5.50. The minimum absolute atomic E-state index is 0. The van der Waals surface area contributed by atoms with Gasteiger partial charge < -0.3 is 43.3 Å². The minimum Gasteiger partial charge on any atom is -0.478 e. The molecule has 20 heavy (non-hydrogen) atoms. The van der Waals surface area contributed by atoms with Gasteiger partial charge in [0.2, 0.25) is 0 Å². The van der Waals surface area contributed by atoms with Crippen LogP contribution in [-0.4, -0.2) is 72.4 Å². The first kappa shape index (κ1) is 26.9. The lowest BCUT2D eigenvalue weighted by Gasteiger charge is -2.03. The predicted octanol–water partition coefficient (Wildman–Crippen LogP) is -3.85. The van der Waals surface area contributed by atoms with Crippen molar-refractivity contribution in [3.8, 4) is 0 Å². The molecule has 0 aliphatic carbocycles. The number of rotatable bonds is 9. The standard InChI is InChI=1S/C6H18N4.C4H4O4.2H2O/c7-1-3-9-5-6-10-4-2-8;5-3(6)1-2-4(7)8;;/h9-10H,1-8H2;1-2H,(H,5,6)(H,7,8);2*1H2. The van der Waals surface area contributed by atoms with E-state index in [0.29, 0.717) is 25.2 Å². The Bertz CT molecular complexity index is 226. The Morgan fingerprint density at radius 1 is 0.800 bits per heavy atom. The summed E-state index contributed by atoms with van der Waals surface area (Å²) in [5.41, 5.74) is 10.5. The van der Waals surface area contributed by atoms with Gasteiger partial charge >= 0.3 is 11.9 Å². The van der Waals surface area contributed by atoms with Crippen LogP contribution in [0.15, 0.2) is 12.2 Å².